The fourth-order valence-corrected chi connectivity index (χ4v) is 3.38. The molecule has 0 bridgehead atoms. The number of hydrogen-bond acceptors (Lipinski definition) is 5. The third kappa shape index (κ3) is 5.02. The normalized spacial score (nSPS) is 11.8. The van der Waals surface area contributed by atoms with Crippen molar-refractivity contribution in [3.05, 3.63) is 29.0 Å². The van der Waals surface area contributed by atoms with Gasteiger partial charge in [-0.25, -0.2) is 9.59 Å². The maximum absolute atomic E-state index is 13.1. The number of nitriles is 1. The van der Waals surface area contributed by atoms with Gasteiger partial charge in [-0.3, -0.25) is 0 Å². The van der Waals surface area contributed by atoms with Crippen molar-refractivity contribution in [1.82, 2.24) is 9.47 Å². The standard InChI is InChI=1S/C20H22F3N3O5/c1-11-13-8-12(10-24)9-14(31-20(21,22)23)16(13)25(15(11)17(27)30-5)6-7-26(18(28)29)19(2,3)4/h8-9H,6-7H2,1-5H3,(H,28,29). The number of amides is 1. The molecular weight excluding hydrogens is 419 g/mol. The molecule has 0 aliphatic carbocycles. The van der Waals surface area contributed by atoms with Crippen molar-refractivity contribution >= 4 is 23.0 Å². The summed E-state index contributed by atoms with van der Waals surface area (Å²) in [6.45, 7) is 6.22. The van der Waals surface area contributed by atoms with Gasteiger partial charge in [-0.15, -0.1) is 13.2 Å². The molecule has 11 heteroatoms. The highest BCUT2D eigenvalue weighted by Crippen LogP contribution is 2.37. The first-order valence-corrected chi connectivity index (χ1v) is 9.12. The Morgan fingerprint density at radius 1 is 1.26 bits per heavy atom. The molecule has 0 saturated heterocycles. The Morgan fingerprint density at radius 3 is 2.32 bits per heavy atom. The summed E-state index contributed by atoms with van der Waals surface area (Å²) in [5, 5.41) is 18.9. The highest BCUT2D eigenvalue weighted by Gasteiger charge is 2.34. The highest BCUT2D eigenvalue weighted by atomic mass is 19.4. The largest absolute Gasteiger partial charge is 0.573 e. The summed E-state index contributed by atoms with van der Waals surface area (Å²) >= 11 is 0. The van der Waals surface area contributed by atoms with E-state index in [1.165, 1.54) is 17.6 Å². The summed E-state index contributed by atoms with van der Waals surface area (Å²) < 4.78 is 49.3. The number of aromatic nitrogens is 1. The molecule has 0 fully saturated rings. The zero-order valence-corrected chi connectivity index (χ0v) is 17.6. The van der Waals surface area contributed by atoms with Crippen molar-refractivity contribution in [2.45, 2.75) is 46.1 Å². The Hall–Kier alpha value is -3.42. The lowest BCUT2D eigenvalue weighted by atomic mass is 10.1. The Kier molecular flexibility index (Phi) is 6.44. The van der Waals surface area contributed by atoms with E-state index < -0.39 is 29.7 Å². The number of aryl methyl sites for hydroxylation is 1. The molecule has 1 N–H and O–H groups in total. The number of alkyl halides is 3. The molecule has 1 aromatic carbocycles. The Morgan fingerprint density at radius 2 is 1.87 bits per heavy atom. The number of nitrogens with zero attached hydrogens (tertiary/aromatic N) is 3. The molecule has 0 atom stereocenters. The summed E-state index contributed by atoms with van der Waals surface area (Å²) in [7, 11) is 1.12. The predicted molar refractivity (Wildman–Crippen MR) is 104 cm³/mol. The molecule has 1 amide bonds. The van der Waals surface area contributed by atoms with E-state index in [1.807, 2.05) is 0 Å². The summed E-state index contributed by atoms with van der Waals surface area (Å²) in [5.41, 5.74) is -0.754. The second-order valence-electron chi connectivity index (χ2n) is 7.75. The van der Waals surface area contributed by atoms with E-state index in [4.69, 9.17) is 4.74 Å². The van der Waals surface area contributed by atoms with E-state index in [0.717, 1.165) is 18.1 Å². The zero-order chi connectivity index (χ0) is 23.7. The molecule has 8 nitrogen and oxygen atoms in total. The fraction of sp³-hybridized carbons (Fsp3) is 0.450. The van der Waals surface area contributed by atoms with Gasteiger partial charge in [-0.2, -0.15) is 5.26 Å². The van der Waals surface area contributed by atoms with Crippen LogP contribution in [0.1, 0.15) is 42.4 Å². The van der Waals surface area contributed by atoms with Gasteiger partial charge in [0, 0.05) is 30.1 Å². The molecule has 2 aromatic rings. The van der Waals surface area contributed by atoms with Gasteiger partial charge in [-0.1, -0.05) is 0 Å². The van der Waals surface area contributed by atoms with Crippen LogP contribution in [0.5, 0.6) is 5.75 Å². The number of rotatable bonds is 5. The predicted octanol–water partition coefficient (Wildman–Crippen LogP) is 4.29. The average Bonchev–Trinajstić information content (AvgIpc) is 2.90. The Labute approximate surface area is 176 Å². The summed E-state index contributed by atoms with van der Waals surface area (Å²) in [4.78, 5) is 25.2. The minimum atomic E-state index is -5.05. The molecule has 2 rings (SSSR count). The van der Waals surface area contributed by atoms with Crippen LogP contribution in [-0.2, 0) is 11.3 Å². The number of carboxylic acid groups (broad SMARTS) is 1. The van der Waals surface area contributed by atoms with E-state index in [2.05, 4.69) is 4.74 Å². The third-order valence-corrected chi connectivity index (χ3v) is 4.70. The first-order valence-electron chi connectivity index (χ1n) is 9.12. The number of carbonyl (C=O) groups excluding carboxylic acids is 1. The van der Waals surface area contributed by atoms with Gasteiger partial charge < -0.3 is 24.0 Å². The summed E-state index contributed by atoms with van der Waals surface area (Å²) in [6, 6.07) is 4.04. The van der Waals surface area contributed by atoms with Crippen LogP contribution in [0.25, 0.3) is 10.9 Å². The number of esters is 1. The van der Waals surface area contributed by atoms with Crippen LogP contribution >= 0.6 is 0 Å². The smallest absolute Gasteiger partial charge is 0.465 e. The molecule has 168 valence electrons. The molecule has 0 aliphatic rings. The number of fused-ring (bicyclic) bond motifs is 1. The number of ether oxygens (including phenoxy) is 2. The van der Waals surface area contributed by atoms with E-state index in [-0.39, 0.29) is 40.8 Å². The van der Waals surface area contributed by atoms with Crippen molar-refractivity contribution in [2.75, 3.05) is 13.7 Å². The van der Waals surface area contributed by atoms with Crippen LogP contribution in [0.2, 0.25) is 0 Å². The second-order valence-corrected chi connectivity index (χ2v) is 7.75. The van der Waals surface area contributed by atoms with E-state index in [9.17, 15) is 33.1 Å². The van der Waals surface area contributed by atoms with Gasteiger partial charge in [-0.05, 0) is 39.3 Å². The molecular formula is C20H22F3N3O5. The molecule has 0 saturated carbocycles. The van der Waals surface area contributed by atoms with Crippen molar-refractivity contribution in [3.8, 4) is 11.8 Å². The van der Waals surface area contributed by atoms with Gasteiger partial charge in [0.2, 0.25) is 0 Å². The molecule has 0 aliphatic heterocycles. The van der Waals surface area contributed by atoms with Gasteiger partial charge in [0.05, 0.1) is 24.3 Å². The Balaban J connectivity index is 2.78. The molecule has 1 aromatic heterocycles. The lowest BCUT2D eigenvalue weighted by Crippen LogP contribution is -2.46. The minimum Gasteiger partial charge on any atom is -0.465 e. The second kappa shape index (κ2) is 8.37. The highest BCUT2D eigenvalue weighted by molar-refractivity contribution is 6.01. The molecule has 1 heterocycles. The monoisotopic (exact) mass is 441 g/mol. The van der Waals surface area contributed by atoms with Crippen LogP contribution in [-0.4, -0.2) is 52.2 Å². The van der Waals surface area contributed by atoms with Crippen LogP contribution in [0, 0.1) is 18.3 Å². The number of methoxy groups -OCH3 is 1. The molecule has 0 unspecified atom stereocenters. The zero-order valence-electron chi connectivity index (χ0n) is 17.6. The van der Waals surface area contributed by atoms with Crippen LogP contribution < -0.4 is 4.74 Å². The van der Waals surface area contributed by atoms with Gasteiger partial charge >= 0.3 is 18.4 Å². The number of carbonyl (C=O) groups is 2. The van der Waals surface area contributed by atoms with Gasteiger partial charge in [0.1, 0.15) is 5.69 Å². The van der Waals surface area contributed by atoms with Gasteiger partial charge in [0.25, 0.3) is 0 Å². The maximum Gasteiger partial charge on any atom is 0.573 e. The number of halogens is 3. The van der Waals surface area contributed by atoms with Crippen molar-refractivity contribution < 1.29 is 37.3 Å². The van der Waals surface area contributed by atoms with E-state index in [0.29, 0.717) is 0 Å². The number of hydrogen-bond donors (Lipinski definition) is 1. The molecule has 0 spiro atoms. The Bertz CT molecular complexity index is 1060. The van der Waals surface area contributed by atoms with Crippen molar-refractivity contribution in [2.24, 2.45) is 0 Å². The van der Waals surface area contributed by atoms with Crippen LogP contribution in [0.3, 0.4) is 0 Å². The SMILES string of the molecule is COC(=O)c1c(C)c2cc(C#N)cc(OC(F)(F)F)c2n1CCN(C(=O)O)C(C)(C)C. The third-order valence-electron chi connectivity index (χ3n) is 4.70. The first-order chi connectivity index (χ1) is 14.2. The number of benzene rings is 1. The van der Waals surface area contributed by atoms with E-state index >= 15 is 0 Å². The molecule has 31 heavy (non-hydrogen) atoms. The topological polar surface area (TPSA) is 105 Å². The lowest BCUT2D eigenvalue weighted by Gasteiger charge is -2.33. The summed E-state index contributed by atoms with van der Waals surface area (Å²) in [6.07, 6.45) is -6.27. The fourth-order valence-electron chi connectivity index (χ4n) is 3.38. The maximum atomic E-state index is 13.1. The average molecular weight is 441 g/mol. The van der Waals surface area contributed by atoms with E-state index in [1.54, 1.807) is 26.8 Å². The lowest BCUT2D eigenvalue weighted by molar-refractivity contribution is -0.274. The van der Waals surface area contributed by atoms with Crippen molar-refractivity contribution in [1.29, 1.82) is 5.26 Å². The quantitative estimate of drug-likeness (QED) is 0.695. The molecule has 0 radical (unpaired) electrons. The minimum absolute atomic E-state index is 0.0566. The summed E-state index contributed by atoms with van der Waals surface area (Å²) in [5.74, 6) is -1.49. The first kappa shape index (κ1) is 23.9. The van der Waals surface area contributed by atoms with Crippen LogP contribution in [0.4, 0.5) is 18.0 Å². The van der Waals surface area contributed by atoms with Gasteiger partial charge in [0.15, 0.2) is 5.75 Å². The van der Waals surface area contributed by atoms with Crippen LogP contribution in [0.15, 0.2) is 12.1 Å². The van der Waals surface area contributed by atoms with Crippen molar-refractivity contribution in [3.63, 3.8) is 0 Å².